The molecule has 0 unspecified atom stereocenters. The van der Waals surface area contributed by atoms with Crippen LogP contribution in [0.15, 0.2) is 29.4 Å². The van der Waals surface area contributed by atoms with Crippen molar-refractivity contribution in [1.29, 1.82) is 0 Å². The van der Waals surface area contributed by atoms with E-state index in [4.69, 9.17) is 10.9 Å². The lowest BCUT2D eigenvalue weighted by atomic mass is 9.88. The first-order valence-corrected chi connectivity index (χ1v) is 7.82. The number of hydrogen-bond donors (Lipinski definition) is 2. The molecule has 0 aromatic heterocycles. The molecule has 2 fully saturated rings. The van der Waals surface area contributed by atoms with Gasteiger partial charge in [0, 0.05) is 15.9 Å². The van der Waals surface area contributed by atoms with Gasteiger partial charge in [0.25, 0.3) is 0 Å². The van der Waals surface area contributed by atoms with Crippen LogP contribution in [0.25, 0.3) is 0 Å². The minimum Gasteiger partial charge on any atom is -0.411 e. The zero-order chi connectivity index (χ0) is 16.1. The largest absolute Gasteiger partial charge is 0.411 e. The molecule has 3 N–H and O–H groups in total. The summed E-state index contributed by atoms with van der Waals surface area (Å²) in [5.41, 5.74) is 6.79. The molecule has 3 rings (SSSR count). The van der Waals surface area contributed by atoms with Crippen LogP contribution < -0.4 is 5.73 Å². The monoisotopic (exact) mass is 319 g/mol. The smallest absolute Gasteiger partial charge is 0.244 e. The van der Waals surface area contributed by atoms with E-state index in [-0.39, 0.29) is 17.1 Å². The van der Waals surface area contributed by atoms with Crippen LogP contribution >= 0.6 is 11.8 Å². The second-order valence-corrected chi connectivity index (χ2v) is 7.75. The molecule has 0 saturated carbocycles. The number of rotatable bonds is 3. The predicted octanol–water partition coefficient (Wildman–Crippen LogP) is 1.07. The second-order valence-electron chi connectivity index (χ2n) is 5.98. The van der Waals surface area contributed by atoms with Gasteiger partial charge in [-0.05, 0) is 13.8 Å². The van der Waals surface area contributed by atoms with E-state index < -0.39 is 16.8 Å². The highest BCUT2D eigenvalue weighted by Gasteiger charge is 2.62. The first-order valence-electron chi connectivity index (χ1n) is 6.94. The second kappa shape index (κ2) is 5.10. The van der Waals surface area contributed by atoms with Gasteiger partial charge in [-0.15, -0.1) is 11.8 Å². The number of benzene rings is 1. The predicted molar refractivity (Wildman–Crippen MR) is 84.2 cm³/mol. The number of carbonyl (C=O) groups excluding carboxylic acids is 2. The molecular weight excluding hydrogens is 302 g/mol. The van der Waals surface area contributed by atoms with Crippen molar-refractivity contribution >= 4 is 29.7 Å². The summed E-state index contributed by atoms with van der Waals surface area (Å²) in [6.07, 6.45) is 1.23. The van der Waals surface area contributed by atoms with Crippen molar-refractivity contribution in [2.24, 2.45) is 10.9 Å². The molecule has 1 amide bonds. The molecule has 6 nitrogen and oxygen atoms in total. The van der Waals surface area contributed by atoms with E-state index in [0.29, 0.717) is 11.1 Å². The van der Waals surface area contributed by atoms with Gasteiger partial charge in [0.15, 0.2) is 5.78 Å². The number of nitrogens with zero attached hydrogens (tertiary/aromatic N) is 2. The Morgan fingerprint density at radius 1 is 1.45 bits per heavy atom. The number of amides is 1. The number of fused-ring (bicyclic) bond motifs is 1. The van der Waals surface area contributed by atoms with Gasteiger partial charge in [0.1, 0.15) is 17.5 Å². The van der Waals surface area contributed by atoms with Crippen LogP contribution in [0.3, 0.4) is 0 Å². The van der Waals surface area contributed by atoms with Crippen molar-refractivity contribution in [1.82, 2.24) is 4.90 Å². The van der Waals surface area contributed by atoms with Crippen LogP contribution in [-0.4, -0.2) is 50.2 Å². The van der Waals surface area contributed by atoms with Crippen LogP contribution in [0.4, 0.5) is 0 Å². The van der Waals surface area contributed by atoms with Gasteiger partial charge in [0.2, 0.25) is 5.91 Å². The molecule has 22 heavy (non-hydrogen) atoms. The topological polar surface area (TPSA) is 96.0 Å². The fraction of sp³-hybridized carbons (Fsp3) is 0.400. The van der Waals surface area contributed by atoms with E-state index >= 15 is 0 Å². The summed E-state index contributed by atoms with van der Waals surface area (Å²) in [5.74, 6) is -0.342. The highest BCUT2D eigenvalue weighted by molar-refractivity contribution is 8.01. The number of nitrogens with two attached hydrogens (primary N) is 1. The molecule has 0 spiro atoms. The number of thioether (sulfide) groups is 1. The summed E-state index contributed by atoms with van der Waals surface area (Å²) in [7, 11) is 0. The summed E-state index contributed by atoms with van der Waals surface area (Å²) < 4.78 is -0.422. The fourth-order valence-corrected chi connectivity index (χ4v) is 4.68. The maximum Gasteiger partial charge on any atom is 0.244 e. The quantitative estimate of drug-likeness (QED) is 0.286. The maximum atomic E-state index is 13.0. The number of carbonyl (C=O) groups is 2. The maximum absolute atomic E-state index is 13.0. The highest BCUT2D eigenvalue weighted by Crippen LogP contribution is 2.51. The van der Waals surface area contributed by atoms with E-state index in [1.54, 1.807) is 40.9 Å². The Balaban J connectivity index is 2.00. The minimum absolute atomic E-state index is 0.143. The van der Waals surface area contributed by atoms with Crippen molar-refractivity contribution in [3.8, 4) is 0 Å². The zero-order valence-electron chi connectivity index (χ0n) is 12.3. The Morgan fingerprint density at radius 3 is 2.82 bits per heavy atom. The molecule has 0 bridgehead atoms. The molecule has 2 saturated heterocycles. The Kier molecular flexibility index (Phi) is 3.49. The standard InChI is InChI=1S/C15H17N3O3S/c1-15(2)12(18-13(20)10(16)14(18)22-15)11(19)9-6-4-3-5-8(9)7-17-21/h3-7,10,12,14,21H,16H2,1-2H3/t10-,12+,14-/m1/s1. The van der Waals surface area contributed by atoms with Crippen LogP contribution in [0.2, 0.25) is 0 Å². The molecule has 116 valence electrons. The Morgan fingerprint density at radius 2 is 2.14 bits per heavy atom. The van der Waals surface area contributed by atoms with Gasteiger partial charge in [-0.3, -0.25) is 9.59 Å². The lowest BCUT2D eigenvalue weighted by Gasteiger charge is -2.42. The van der Waals surface area contributed by atoms with Gasteiger partial charge in [-0.2, -0.15) is 0 Å². The van der Waals surface area contributed by atoms with E-state index in [2.05, 4.69) is 5.16 Å². The Hall–Kier alpha value is -1.86. The zero-order valence-corrected chi connectivity index (χ0v) is 13.1. The number of Topliss-reactive ketones (excluding diaryl/α,β-unsaturated/α-hetero) is 1. The Bertz CT molecular complexity index is 674. The summed E-state index contributed by atoms with van der Waals surface area (Å²) in [6, 6.07) is 5.79. The molecule has 0 aliphatic carbocycles. The summed E-state index contributed by atoms with van der Waals surface area (Å²) >= 11 is 1.56. The normalized spacial score (nSPS) is 29.5. The third-order valence-corrected chi connectivity index (χ3v) is 5.75. The van der Waals surface area contributed by atoms with Crippen molar-refractivity contribution in [3.05, 3.63) is 35.4 Å². The van der Waals surface area contributed by atoms with Crippen LogP contribution in [0.1, 0.15) is 29.8 Å². The molecular formula is C15H17N3O3S. The molecule has 0 radical (unpaired) electrons. The molecule has 2 aliphatic heterocycles. The molecule has 7 heteroatoms. The third kappa shape index (κ3) is 2.04. The molecule has 1 aromatic rings. The number of β-lactam (4-membered cyclic amide) rings is 1. The minimum atomic E-state index is -0.567. The van der Waals surface area contributed by atoms with E-state index in [1.165, 1.54) is 6.21 Å². The number of hydrogen-bond acceptors (Lipinski definition) is 6. The average Bonchev–Trinajstić information content (AvgIpc) is 2.76. The van der Waals surface area contributed by atoms with E-state index in [1.807, 2.05) is 13.8 Å². The summed E-state index contributed by atoms with van der Waals surface area (Å²) in [5, 5.41) is 11.6. The number of oxime groups is 1. The van der Waals surface area contributed by atoms with Gasteiger partial charge in [-0.25, -0.2) is 0 Å². The SMILES string of the molecule is CC1(C)S[C@@H]2[C@H](N)C(=O)N2[C@H]1C(=O)c1ccccc1C=NO. The van der Waals surface area contributed by atoms with Crippen molar-refractivity contribution in [3.63, 3.8) is 0 Å². The van der Waals surface area contributed by atoms with E-state index in [9.17, 15) is 9.59 Å². The highest BCUT2D eigenvalue weighted by atomic mass is 32.2. The summed E-state index contributed by atoms with van der Waals surface area (Å²) in [4.78, 5) is 26.7. The van der Waals surface area contributed by atoms with Gasteiger partial charge >= 0.3 is 0 Å². The lowest BCUT2D eigenvalue weighted by Crippen LogP contribution is -2.68. The molecule has 2 heterocycles. The molecule has 3 atom stereocenters. The van der Waals surface area contributed by atoms with Gasteiger partial charge in [0.05, 0.1) is 6.21 Å². The van der Waals surface area contributed by atoms with Gasteiger partial charge < -0.3 is 15.8 Å². The van der Waals surface area contributed by atoms with Gasteiger partial charge in [-0.1, -0.05) is 29.4 Å². The summed E-state index contributed by atoms with van der Waals surface area (Å²) in [6.45, 7) is 3.89. The van der Waals surface area contributed by atoms with Crippen molar-refractivity contribution in [2.45, 2.75) is 36.1 Å². The first kappa shape index (κ1) is 15.1. The first-order chi connectivity index (χ1) is 10.4. The lowest BCUT2D eigenvalue weighted by molar-refractivity contribution is -0.145. The average molecular weight is 319 g/mol. The van der Waals surface area contributed by atoms with E-state index in [0.717, 1.165) is 0 Å². The Labute approximate surface area is 132 Å². The number of ketones is 1. The molecule has 2 aliphatic rings. The van der Waals surface area contributed by atoms with Crippen LogP contribution in [-0.2, 0) is 4.79 Å². The third-order valence-electron chi connectivity index (χ3n) is 4.15. The van der Waals surface area contributed by atoms with Crippen molar-refractivity contribution in [2.75, 3.05) is 0 Å². The molecule has 1 aromatic carbocycles. The van der Waals surface area contributed by atoms with Crippen molar-refractivity contribution < 1.29 is 14.8 Å². The van der Waals surface area contributed by atoms with Crippen LogP contribution in [0, 0.1) is 0 Å². The van der Waals surface area contributed by atoms with Crippen LogP contribution in [0.5, 0.6) is 0 Å². The fourth-order valence-electron chi connectivity index (χ4n) is 3.11.